The average molecular weight is 458 g/mol. The highest BCUT2D eigenvalue weighted by atomic mass is 16.5. The van der Waals surface area contributed by atoms with Gasteiger partial charge in [0.25, 0.3) is 11.8 Å². The first-order valence-electron chi connectivity index (χ1n) is 11.2. The zero-order valence-electron chi connectivity index (χ0n) is 19.2. The maximum atomic E-state index is 13.1. The van der Waals surface area contributed by atoms with Crippen molar-refractivity contribution < 1.29 is 14.3 Å². The van der Waals surface area contributed by atoms with Gasteiger partial charge in [-0.05, 0) is 54.6 Å². The summed E-state index contributed by atoms with van der Waals surface area (Å²) in [7, 11) is 3.62. The molecule has 1 fully saturated rings. The van der Waals surface area contributed by atoms with E-state index in [4.69, 9.17) is 16.2 Å². The molecular formula is C26H27N5O3. The van der Waals surface area contributed by atoms with Gasteiger partial charge in [-0.25, -0.2) is 0 Å². The number of hydrogen-bond acceptors (Lipinski definition) is 5. The molecule has 0 atom stereocenters. The Morgan fingerprint density at radius 2 is 1.71 bits per heavy atom. The van der Waals surface area contributed by atoms with Crippen LogP contribution in [0.1, 0.15) is 20.7 Å². The predicted octanol–water partition coefficient (Wildman–Crippen LogP) is 3.07. The number of primary amides is 1. The molecule has 0 saturated carbocycles. The van der Waals surface area contributed by atoms with Crippen LogP contribution in [0.4, 0.5) is 5.69 Å². The monoisotopic (exact) mass is 457 g/mol. The van der Waals surface area contributed by atoms with Gasteiger partial charge in [0.15, 0.2) is 0 Å². The summed E-state index contributed by atoms with van der Waals surface area (Å²) < 4.78 is 5.36. The molecule has 1 aliphatic rings. The van der Waals surface area contributed by atoms with Crippen molar-refractivity contribution in [3.05, 3.63) is 59.7 Å². The van der Waals surface area contributed by atoms with E-state index in [1.807, 2.05) is 41.3 Å². The number of anilines is 1. The minimum Gasteiger partial charge on any atom is -0.495 e. The number of nitrogens with one attached hydrogen (secondary N) is 1. The van der Waals surface area contributed by atoms with Crippen LogP contribution in [-0.4, -0.2) is 66.9 Å². The number of likely N-dealkylation sites (N-methyl/N-ethyl adjacent to an activating group) is 1. The minimum absolute atomic E-state index is 0.0124. The second-order valence-electron chi connectivity index (χ2n) is 8.75. The van der Waals surface area contributed by atoms with Crippen molar-refractivity contribution >= 4 is 39.3 Å². The summed E-state index contributed by atoms with van der Waals surface area (Å²) in [5.41, 5.74) is 16.4. The minimum atomic E-state index is -0.533. The maximum Gasteiger partial charge on any atom is 0.254 e. The standard InChI is InChI=1S/C26H27N5O3/c1-30-7-9-31(10-8-30)26(33)16-3-5-18-19-11-17(15-4-6-21(27)23(14-15)34-2)12-20(25(28)32)24(19)29-22(18)13-16/h3-6,11-14,29H,7-10,27H2,1-2H3,(H2,28,32). The molecule has 1 aliphatic heterocycles. The molecule has 5 rings (SSSR count). The molecule has 8 heteroatoms. The molecule has 4 aromatic rings. The molecule has 0 bridgehead atoms. The van der Waals surface area contributed by atoms with Gasteiger partial charge in [0, 0.05) is 48.0 Å². The normalized spacial score (nSPS) is 14.6. The van der Waals surface area contributed by atoms with E-state index in [0.29, 0.717) is 41.2 Å². The Kier molecular flexibility index (Phi) is 5.37. The summed E-state index contributed by atoms with van der Waals surface area (Å²) in [6, 6.07) is 14.9. The molecule has 174 valence electrons. The van der Waals surface area contributed by atoms with Gasteiger partial charge in [-0.15, -0.1) is 0 Å². The van der Waals surface area contributed by atoms with Crippen LogP contribution in [0.2, 0.25) is 0 Å². The molecule has 2 amide bonds. The van der Waals surface area contributed by atoms with Crippen molar-refractivity contribution in [3.8, 4) is 16.9 Å². The van der Waals surface area contributed by atoms with Gasteiger partial charge >= 0.3 is 0 Å². The van der Waals surface area contributed by atoms with Gasteiger partial charge in [0.1, 0.15) is 5.75 Å². The summed E-state index contributed by atoms with van der Waals surface area (Å²) >= 11 is 0. The number of piperazine rings is 1. The number of nitrogens with zero attached hydrogens (tertiary/aromatic N) is 2. The van der Waals surface area contributed by atoms with Gasteiger partial charge < -0.3 is 31.0 Å². The molecule has 2 heterocycles. The largest absolute Gasteiger partial charge is 0.495 e. The number of amides is 2. The fourth-order valence-corrected chi connectivity index (χ4v) is 4.58. The van der Waals surface area contributed by atoms with E-state index >= 15 is 0 Å². The SMILES string of the molecule is COc1cc(-c2cc(C(N)=O)c3[nH]c4cc(C(=O)N5CCN(C)CC5)ccc4c3c2)ccc1N. The van der Waals surface area contributed by atoms with Crippen LogP contribution in [-0.2, 0) is 0 Å². The van der Waals surface area contributed by atoms with Crippen LogP contribution >= 0.6 is 0 Å². The van der Waals surface area contributed by atoms with Crippen molar-refractivity contribution in [1.82, 2.24) is 14.8 Å². The van der Waals surface area contributed by atoms with Gasteiger partial charge in [0.05, 0.1) is 23.9 Å². The molecule has 0 aliphatic carbocycles. The Morgan fingerprint density at radius 3 is 2.41 bits per heavy atom. The first-order valence-corrected chi connectivity index (χ1v) is 11.2. The molecule has 0 spiro atoms. The molecular weight excluding hydrogens is 430 g/mol. The lowest BCUT2D eigenvalue weighted by Gasteiger charge is -2.32. The molecule has 0 unspecified atom stereocenters. The Labute approximate surface area is 197 Å². The summed E-state index contributed by atoms with van der Waals surface area (Å²) in [5.74, 6) is 0.0391. The Balaban J connectivity index is 1.61. The molecule has 8 nitrogen and oxygen atoms in total. The molecule has 1 aromatic heterocycles. The third-order valence-corrected chi connectivity index (χ3v) is 6.58. The number of methoxy groups -OCH3 is 1. The second-order valence-corrected chi connectivity index (χ2v) is 8.75. The van der Waals surface area contributed by atoms with Gasteiger partial charge in [-0.3, -0.25) is 9.59 Å². The summed E-state index contributed by atoms with van der Waals surface area (Å²) in [6.07, 6.45) is 0. The number of hydrogen-bond donors (Lipinski definition) is 3. The third kappa shape index (κ3) is 3.72. The fraction of sp³-hybridized carbons (Fsp3) is 0.231. The maximum absolute atomic E-state index is 13.1. The summed E-state index contributed by atoms with van der Waals surface area (Å²) in [5, 5.41) is 1.77. The van der Waals surface area contributed by atoms with Gasteiger partial charge in [0.2, 0.25) is 0 Å². The van der Waals surface area contributed by atoms with E-state index in [-0.39, 0.29) is 5.91 Å². The van der Waals surface area contributed by atoms with Crippen LogP contribution in [0, 0.1) is 0 Å². The first kappa shape index (κ1) is 21.8. The number of carbonyl (C=O) groups is 2. The predicted molar refractivity (Wildman–Crippen MR) is 134 cm³/mol. The lowest BCUT2D eigenvalue weighted by atomic mass is 9.98. The number of nitrogens with two attached hydrogens (primary N) is 2. The summed E-state index contributed by atoms with van der Waals surface area (Å²) in [4.78, 5) is 32.8. The highest BCUT2D eigenvalue weighted by Crippen LogP contribution is 2.35. The first-order chi connectivity index (χ1) is 16.4. The van der Waals surface area contributed by atoms with E-state index < -0.39 is 5.91 Å². The van der Waals surface area contributed by atoms with E-state index in [2.05, 4.69) is 16.9 Å². The number of carbonyl (C=O) groups excluding carboxylic acids is 2. The van der Waals surface area contributed by atoms with Crippen molar-refractivity contribution in [2.75, 3.05) is 46.1 Å². The highest BCUT2D eigenvalue weighted by molar-refractivity contribution is 6.17. The van der Waals surface area contributed by atoms with Crippen molar-refractivity contribution in [2.24, 2.45) is 5.73 Å². The molecule has 0 radical (unpaired) electrons. The van der Waals surface area contributed by atoms with Crippen LogP contribution < -0.4 is 16.2 Å². The number of fused-ring (bicyclic) bond motifs is 3. The lowest BCUT2D eigenvalue weighted by Crippen LogP contribution is -2.47. The molecule has 3 aromatic carbocycles. The van der Waals surface area contributed by atoms with Crippen molar-refractivity contribution in [2.45, 2.75) is 0 Å². The zero-order chi connectivity index (χ0) is 24.0. The van der Waals surface area contributed by atoms with Crippen LogP contribution in [0.3, 0.4) is 0 Å². The van der Waals surface area contributed by atoms with Gasteiger partial charge in [-0.1, -0.05) is 12.1 Å². The highest BCUT2D eigenvalue weighted by Gasteiger charge is 2.22. The number of benzene rings is 3. The summed E-state index contributed by atoms with van der Waals surface area (Å²) in [6.45, 7) is 3.14. The van der Waals surface area contributed by atoms with Crippen molar-refractivity contribution in [3.63, 3.8) is 0 Å². The fourth-order valence-electron chi connectivity index (χ4n) is 4.58. The third-order valence-electron chi connectivity index (χ3n) is 6.58. The number of nitrogen functional groups attached to an aromatic ring is 1. The number of aromatic nitrogens is 1. The second kappa shape index (κ2) is 8.39. The van der Waals surface area contributed by atoms with E-state index in [1.165, 1.54) is 0 Å². The smallest absolute Gasteiger partial charge is 0.254 e. The Hall–Kier alpha value is -4.04. The van der Waals surface area contributed by atoms with Crippen LogP contribution in [0.25, 0.3) is 32.9 Å². The Morgan fingerprint density at radius 1 is 0.941 bits per heavy atom. The topological polar surface area (TPSA) is 118 Å². The number of ether oxygens (including phenoxy) is 1. The van der Waals surface area contributed by atoms with E-state index in [9.17, 15) is 9.59 Å². The van der Waals surface area contributed by atoms with Crippen LogP contribution in [0.15, 0.2) is 48.5 Å². The molecule has 34 heavy (non-hydrogen) atoms. The molecule has 5 N–H and O–H groups in total. The quantitative estimate of drug-likeness (QED) is 0.407. The van der Waals surface area contributed by atoms with E-state index in [1.54, 1.807) is 19.2 Å². The van der Waals surface area contributed by atoms with E-state index in [0.717, 1.165) is 40.5 Å². The van der Waals surface area contributed by atoms with Gasteiger partial charge in [-0.2, -0.15) is 0 Å². The van der Waals surface area contributed by atoms with Crippen molar-refractivity contribution in [1.29, 1.82) is 0 Å². The van der Waals surface area contributed by atoms with Crippen LogP contribution in [0.5, 0.6) is 5.75 Å². The number of rotatable bonds is 4. The number of aromatic amines is 1. The average Bonchev–Trinajstić information content (AvgIpc) is 3.21. The Bertz CT molecular complexity index is 1430. The molecule has 1 saturated heterocycles. The lowest BCUT2D eigenvalue weighted by molar-refractivity contribution is 0.0664. The number of H-pyrrole nitrogens is 1. The zero-order valence-corrected chi connectivity index (χ0v) is 19.2.